The second-order valence-corrected chi connectivity index (χ2v) is 3.05. The molecule has 0 radical (unpaired) electrons. The summed E-state index contributed by atoms with van der Waals surface area (Å²) in [6, 6.07) is 0.383. The summed E-state index contributed by atoms with van der Waals surface area (Å²) in [4.78, 5) is 0. The van der Waals surface area contributed by atoms with Crippen molar-refractivity contribution in [3.8, 4) is 11.8 Å². The van der Waals surface area contributed by atoms with Crippen LogP contribution in [0.3, 0.4) is 0 Å². The molecule has 2 N–H and O–H groups in total. The van der Waals surface area contributed by atoms with Gasteiger partial charge in [-0.3, -0.25) is 0 Å². The van der Waals surface area contributed by atoms with Crippen LogP contribution in [0.5, 0.6) is 0 Å². The van der Waals surface area contributed by atoms with Crippen LogP contribution in [0.4, 0.5) is 0 Å². The third-order valence-corrected chi connectivity index (χ3v) is 2.02. The average molecular weight is 149 g/mol. The number of hydrogen-bond donors (Lipinski definition) is 1. The lowest BCUT2D eigenvalue weighted by atomic mass is 9.91. The molecule has 11 heavy (non-hydrogen) atoms. The highest BCUT2D eigenvalue weighted by Crippen LogP contribution is 2.21. The fraction of sp³-hybridized carbons (Fsp3) is 0.600. The van der Waals surface area contributed by atoms with Gasteiger partial charge in [-0.05, 0) is 38.7 Å². The predicted molar refractivity (Wildman–Crippen MR) is 48.0 cm³/mol. The molecule has 0 spiro atoms. The molecule has 0 aromatic heterocycles. The Kier molecular flexibility index (Phi) is 3.19. The summed E-state index contributed by atoms with van der Waals surface area (Å²) in [5.41, 5.74) is 7.24. The molecule has 0 aromatic carbocycles. The fourth-order valence-electron chi connectivity index (χ4n) is 1.44. The van der Waals surface area contributed by atoms with E-state index in [1.165, 1.54) is 24.8 Å². The van der Waals surface area contributed by atoms with Crippen molar-refractivity contribution < 1.29 is 0 Å². The lowest BCUT2D eigenvalue weighted by Crippen LogP contribution is -2.23. The molecular weight excluding hydrogens is 134 g/mol. The van der Waals surface area contributed by atoms with Crippen LogP contribution >= 0.6 is 0 Å². The summed E-state index contributed by atoms with van der Waals surface area (Å²) in [5.74, 6) is 5.83. The van der Waals surface area contributed by atoms with Crippen LogP contribution in [-0.4, -0.2) is 6.04 Å². The molecule has 1 atom stereocenters. The zero-order chi connectivity index (χ0) is 8.10. The van der Waals surface area contributed by atoms with Gasteiger partial charge in [0.25, 0.3) is 0 Å². The maximum Gasteiger partial charge on any atom is 0.00765 e. The third kappa shape index (κ3) is 2.78. The maximum absolute atomic E-state index is 5.81. The first-order chi connectivity index (χ1) is 5.33. The fourth-order valence-corrected chi connectivity index (χ4v) is 1.44. The van der Waals surface area contributed by atoms with Gasteiger partial charge < -0.3 is 5.73 Å². The second-order valence-electron chi connectivity index (χ2n) is 3.05. The monoisotopic (exact) mass is 149 g/mol. The summed E-state index contributed by atoms with van der Waals surface area (Å²) in [7, 11) is 0. The van der Waals surface area contributed by atoms with E-state index in [9.17, 15) is 0 Å². The number of hydrogen-bond acceptors (Lipinski definition) is 1. The van der Waals surface area contributed by atoms with E-state index in [4.69, 9.17) is 5.73 Å². The molecule has 60 valence electrons. The Morgan fingerprint density at radius 1 is 1.64 bits per heavy atom. The van der Waals surface area contributed by atoms with Crippen molar-refractivity contribution in [1.29, 1.82) is 0 Å². The van der Waals surface area contributed by atoms with Crippen LogP contribution < -0.4 is 5.73 Å². The molecule has 0 heterocycles. The normalized spacial score (nSPS) is 27.8. The largest absolute Gasteiger partial charge is 0.327 e. The van der Waals surface area contributed by atoms with Gasteiger partial charge in [0.2, 0.25) is 0 Å². The highest BCUT2D eigenvalue weighted by molar-refractivity contribution is 5.22. The highest BCUT2D eigenvalue weighted by Gasteiger charge is 2.11. The Morgan fingerprint density at radius 3 is 3.09 bits per heavy atom. The minimum Gasteiger partial charge on any atom is -0.327 e. The molecule has 0 bridgehead atoms. The van der Waals surface area contributed by atoms with Gasteiger partial charge in [0.05, 0.1) is 0 Å². The van der Waals surface area contributed by atoms with Gasteiger partial charge in [-0.2, -0.15) is 0 Å². The Labute approximate surface area is 68.7 Å². The molecule has 1 unspecified atom stereocenters. The summed E-state index contributed by atoms with van der Waals surface area (Å²) in [6.07, 6.45) is 6.69. The van der Waals surface area contributed by atoms with Crippen LogP contribution in [0.2, 0.25) is 0 Å². The molecule has 1 aliphatic carbocycles. The molecule has 1 rings (SSSR count). The summed E-state index contributed by atoms with van der Waals surface area (Å²) in [5, 5.41) is 0. The van der Waals surface area contributed by atoms with Crippen LogP contribution in [0.1, 0.15) is 32.6 Å². The second kappa shape index (κ2) is 4.20. The lowest BCUT2D eigenvalue weighted by molar-refractivity contribution is 0.518. The van der Waals surface area contributed by atoms with Crippen LogP contribution in [0.25, 0.3) is 0 Å². The van der Waals surface area contributed by atoms with E-state index in [-0.39, 0.29) is 0 Å². The van der Waals surface area contributed by atoms with E-state index in [1.54, 1.807) is 0 Å². The first-order valence-corrected chi connectivity index (χ1v) is 4.18. The van der Waals surface area contributed by atoms with Gasteiger partial charge in [0.15, 0.2) is 0 Å². The topological polar surface area (TPSA) is 26.0 Å². The minimum absolute atomic E-state index is 0.383. The molecule has 0 saturated heterocycles. The summed E-state index contributed by atoms with van der Waals surface area (Å²) >= 11 is 0. The molecular formula is C10H15N. The molecule has 1 nitrogen and oxygen atoms in total. The lowest BCUT2D eigenvalue weighted by Gasteiger charge is -2.19. The first-order valence-electron chi connectivity index (χ1n) is 4.18. The van der Waals surface area contributed by atoms with E-state index in [0.717, 1.165) is 6.42 Å². The van der Waals surface area contributed by atoms with E-state index in [0.29, 0.717) is 6.04 Å². The van der Waals surface area contributed by atoms with E-state index in [1.807, 2.05) is 13.0 Å². The Balaban J connectivity index is 2.49. The number of allylic oxidation sites excluding steroid dienone is 1. The van der Waals surface area contributed by atoms with Crippen molar-refractivity contribution >= 4 is 0 Å². The average Bonchev–Trinajstić information content (AvgIpc) is 2.01. The smallest absolute Gasteiger partial charge is 0.00765 e. The first kappa shape index (κ1) is 8.36. The quantitative estimate of drug-likeness (QED) is 0.522. The Morgan fingerprint density at radius 2 is 2.45 bits per heavy atom. The highest BCUT2D eigenvalue weighted by atomic mass is 14.6. The summed E-state index contributed by atoms with van der Waals surface area (Å²) < 4.78 is 0. The van der Waals surface area contributed by atoms with Crippen LogP contribution in [-0.2, 0) is 0 Å². The van der Waals surface area contributed by atoms with Gasteiger partial charge in [-0.1, -0.05) is 11.5 Å². The molecule has 1 heteroatoms. The van der Waals surface area contributed by atoms with Crippen molar-refractivity contribution in [3.05, 3.63) is 11.6 Å². The minimum atomic E-state index is 0.383. The van der Waals surface area contributed by atoms with Gasteiger partial charge in [0.1, 0.15) is 0 Å². The number of rotatable bonds is 0. The van der Waals surface area contributed by atoms with Crippen molar-refractivity contribution in [2.24, 2.45) is 5.73 Å². The van der Waals surface area contributed by atoms with Gasteiger partial charge in [0, 0.05) is 6.04 Å². The number of nitrogens with two attached hydrogens (primary N) is 1. The predicted octanol–water partition coefficient (Wildman–Crippen LogP) is 1.84. The van der Waals surface area contributed by atoms with Crippen LogP contribution in [0, 0.1) is 11.8 Å². The summed E-state index contributed by atoms with van der Waals surface area (Å²) in [6.45, 7) is 1.86. The SMILES string of the molecule is CC#CC=C1CCCC(N)C1. The third-order valence-electron chi connectivity index (χ3n) is 2.02. The van der Waals surface area contributed by atoms with Gasteiger partial charge >= 0.3 is 0 Å². The van der Waals surface area contributed by atoms with Crippen molar-refractivity contribution in [3.63, 3.8) is 0 Å². The van der Waals surface area contributed by atoms with Gasteiger partial charge in [-0.25, -0.2) is 0 Å². The molecule has 1 saturated carbocycles. The molecule has 0 aromatic rings. The Bertz CT molecular complexity index is 205. The molecule has 1 fully saturated rings. The van der Waals surface area contributed by atoms with Crippen molar-refractivity contribution in [2.75, 3.05) is 0 Å². The van der Waals surface area contributed by atoms with E-state index < -0.39 is 0 Å². The van der Waals surface area contributed by atoms with E-state index in [2.05, 4.69) is 11.8 Å². The Hall–Kier alpha value is -0.740. The maximum atomic E-state index is 5.81. The molecule has 0 aliphatic heterocycles. The van der Waals surface area contributed by atoms with Crippen molar-refractivity contribution in [1.82, 2.24) is 0 Å². The van der Waals surface area contributed by atoms with Gasteiger partial charge in [-0.15, -0.1) is 5.92 Å². The van der Waals surface area contributed by atoms with Crippen molar-refractivity contribution in [2.45, 2.75) is 38.6 Å². The van der Waals surface area contributed by atoms with E-state index >= 15 is 0 Å². The zero-order valence-corrected chi connectivity index (χ0v) is 7.06. The van der Waals surface area contributed by atoms with Crippen LogP contribution in [0.15, 0.2) is 11.6 Å². The standard InChI is InChI=1S/C10H15N/c1-2-3-5-9-6-4-7-10(11)8-9/h5,10H,4,6-8,11H2,1H3. The molecule has 1 aliphatic rings. The zero-order valence-electron chi connectivity index (χ0n) is 7.06. The molecule has 0 amide bonds.